The third-order valence-electron chi connectivity index (χ3n) is 5.23. The maximum atomic E-state index is 13.0. The third kappa shape index (κ3) is 2.91. The lowest BCUT2D eigenvalue weighted by atomic mass is 9.72. The minimum Gasteiger partial charge on any atom is -0.368 e. The normalized spacial score (nSPS) is 23.8. The summed E-state index contributed by atoms with van der Waals surface area (Å²) in [5.74, 6) is 0.778. The minimum atomic E-state index is -0.476. The highest BCUT2D eigenvalue weighted by atomic mass is 16.5. The van der Waals surface area contributed by atoms with Gasteiger partial charge in [0.2, 0.25) is 0 Å². The van der Waals surface area contributed by atoms with Crippen LogP contribution in [0, 0.1) is 0 Å². The number of fused-ring (bicyclic) bond motifs is 1. The molecule has 0 bridgehead atoms. The highest BCUT2D eigenvalue weighted by Gasteiger charge is 2.41. The van der Waals surface area contributed by atoms with Crippen molar-refractivity contribution < 1.29 is 9.53 Å². The molecule has 0 saturated heterocycles. The van der Waals surface area contributed by atoms with E-state index in [1.807, 2.05) is 6.92 Å². The summed E-state index contributed by atoms with van der Waals surface area (Å²) in [6.07, 6.45) is 8.33. The lowest BCUT2D eigenvalue weighted by Gasteiger charge is -2.35. The monoisotopic (exact) mass is 286 g/mol. The van der Waals surface area contributed by atoms with Crippen LogP contribution in [0.3, 0.4) is 0 Å². The summed E-state index contributed by atoms with van der Waals surface area (Å²) in [7, 11) is 0. The molecule has 2 nitrogen and oxygen atoms in total. The van der Waals surface area contributed by atoms with Gasteiger partial charge in [-0.2, -0.15) is 0 Å². The number of ether oxygens (including phenoxy) is 1. The van der Waals surface area contributed by atoms with Gasteiger partial charge in [-0.3, -0.25) is 4.79 Å². The van der Waals surface area contributed by atoms with Crippen LogP contribution in [-0.4, -0.2) is 18.0 Å². The van der Waals surface area contributed by atoms with Crippen LogP contribution in [-0.2, 0) is 16.0 Å². The predicted molar refractivity (Wildman–Crippen MR) is 84.6 cm³/mol. The summed E-state index contributed by atoms with van der Waals surface area (Å²) >= 11 is 0. The summed E-state index contributed by atoms with van der Waals surface area (Å²) in [6.45, 7) is 2.66. The molecular formula is C19H26O2. The van der Waals surface area contributed by atoms with E-state index in [1.54, 1.807) is 0 Å². The maximum Gasteiger partial charge on any atom is 0.165 e. The number of rotatable bonds is 5. The second kappa shape index (κ2) is 6.31. The van der Waals surface area contributed by atoms with E-state index in [0.29, 0.717) is 24.7 Å². The Kier molecular flexibility index (Phi) is 4.44. The first-order valence-electron chi connectivity index (χ1n) is 8.50. The maximum absolute atomic E-state index is 13.0. The van der Waals surface area contributed by atoms with Crippen LogP contribution in [0.4, 0.5) is 0 Å². The fourth-order valence-corrected chi connectivity index (χ4v) is 4.03. The molecule has 0 aliphatic heterocycles. The molecule has 2 aliphatic rings. The Morgan fingerprint density at radius 3 is 2.57 bits per heavy atom. The van der Waals surface area contributed by atoms with Crippen LogP contribution in [0.15, 0.2) is 24.3 Å². The highest BCUT2D eigenvalue weighted by molar-refractivity contribution is 5.88. The first kappa shape index (κ1) is 14.8. The van der Waals surface area contributed by atoms with Gasteiger partial charge in [-0.1, -0.05) is 49.9 Å². The molecule has 1 atom stereocenters. The van der Waals surface area contributed by atoms with Crippen LogP contribution < -0.4 is 0 Å². The van der Waals surface area contributed by atoms with Crippen molar-refractivity contribution in [1.82, 2.24) is 0 Å². The molecule has 0 amide bonds. The van der Waals surface area contributed by atoms with Gasteiger partial charge >= 0.3 is 0 Å². The van der Waals surface area contributed by atoms with Gasteiger partial charge < -0.3 is 4.74 Å². The van der Waals surface area contributed by atoms with Gasteiger partial charge in [-0.15, -0.1) is 0 Å². The van der Waals surface area contributed by atoms with Gasteiger partial charge in [-0.05, 0) is 43.2 Å². The van der Waals surface area contributed by atoms with Crippen molar-refractivity contribution in [3.63, 3.8) is 0 Å². The van der Waals surface area contributed by atoms with E-state index < -0.39 is 5.60 Å². The molecule has 1 fully saturated rings. The number of ketones is 1. The largest absolute Gasteiger partial charge is 0.368 e. The lowest BCUT2D eigenvalue weighted by molar-refractivity contribution is -0.147. The zero-order valence-electron chi connectivity index (χ0n) is 13.1. The minimum absolute atomic E-state index is 0.353. The SMILES string of the molecule is CCOC1(C(=O)CC2Cc3ccccc32)CCCCCC1. The van der Waals surface area contributed by atoms with Crippen molar-refractivity contribution in [3.05, 3.63) is 35.4 Å². The van der Waals surface area contributed by atoms with Crippen LogP contribution in [0.25, 0.3) is 0 Å². The molecule has 2 heteroatoms. The highest BCUT2D eigenvalue weighted by Crippen LogP contribution is 2.40. The Hall–Kier alpha value is -1.15. The lowest BCUT2D eigenvalue weighted by Crippen LogP contribution is -2.42. The van der Waals surface area contributed by atoms with Gasteiger partial charge in [0.1, 0.15) is 5.60 Å². The van der Waals surface area contributed by atoms with Crippen molar-refractivity contribution in [2.45, 2.75) is 69.8 Å². The summed E-state index contributed by atoms with van der Waals surface area (Å²) in [4.78, 5) is 13.0. The van der Waals surface area contributed by atoms with Crippen LogP contribution in [0.1, 0.15) is 68.9 Å². The van der Waals surface area contributed by atoms with Crippen LogP contribution in [0.5, 0.6) is 0 Å². The Morgan fingerprint density at radius 2 is 1.90 bits per heavy atom. The summed E-state index contributed by atoms with van der Waals surface area (Å²) in [5, 5.41) is 0. The smallest absolute Gasteiger partial charge is 0.165 e. The Labute approximate surface area is 127 Å². The summed E-state index contributed by atoms with van der Waals surface area (Å²) < 4.78 is 6.02. The molecule has 2 aliphatic carbocycles. The molecule has 0 spiro atoms. The Morgan fingerprint density at radius 1 is 1.19 bits per heavy atom. The number of Topliss-reactive ketones (excluding diaryl/α,β-unsaturated/α-hetero) is 1. The van der Waals surface area contributed by atoms with Crippen molar-refractivity contribution in [1.29, 1.82) is 0 Å². The summed E-state index contributed by atoms with van der Waals surface area (Å²) in [5.41, 5.74) is 2.32. The van der Waals surface area contributed by atoms with Gasteiger partial charge in [0, 0.05) is 13.0 Å². The molecule has 1 saturated carbocycles. The number of benzene rings is 1. The fraction of sp³-hybridized carbons (Fsp3) is 0.632. The second-order valence-corrected chi connectivity index (χ2v) is 6.57. The zero-order valence-corrected chi connectivity index (χ0v) is 13.1. The second-order valence-electron chi connectivity index (χ2n) is 6.57. The van der Waals surface area contributed by atoms with Crippen LogP contribution >= 0.6 is 0 Å². The quantitative estimate of drug-likeness (QED) is 0.749. The molecule has 1 unspecified atom stereocenters. The van der Waals surface area contributed by atoms with Gasteiger partial charge in [0.15, 0.2) is 5.78 Å². The van der Waals surface area contributed by atoms with Crippen molar-refractivity contribution in [3.8, 4) is 0 Å². The average Bonchev–Trinajstić information content (AvgIpc) is 2.71. The molecule has 21 heavy (non-hydrogen) atoms. The Bertz CT molecular complexity index is 498. The van der Waals surface area contributed by atoms with Crippen molar-refractivity contribution in [2.24, 2.45) is 0 Å². The third-order valence-corrected chi connectivity index (χ3v) is 5.23. The average molecular weight is 286 g/mol. The Balaban J connectivity index is 1.70. The first-order valence-corrected chi connectivity index (χ1v) is 8.50. The van der Waals surface area contributed by atoms with E-state index in [-0.39, 0.29) is 0 Å². The zero-order chi connectivity index (χ0) is 14.7. The molecular weight excluding hydrogens is 260 g/mol. The first-order chi connectivity index (χ1) is 10.2. The molecule has 114 valence electrons. The van der Waals surface area contributed by atoms with Crippen molar-refractivity contribution >= 4 is 5.78 Å². The molecule has 1 aromatic rings. The number of hydrogen-bond acceptors (Lipinski definition) is 2. The van der Waals surface area contributed by atoms with E-state index in [9.17, 15) is 4.79 Å². The number of carbonyl (C=O) groups is 1. The standard InChI is InChI=1S/C19H26O2/c1-2-21-19(11-7-3-4-8-12-19)18(20)14-16-13-15-9-5-6-10-17(15)16/h5-6,9-10,16H,2-4,7-8,11-14H2,1H3. The van der Waals surface area contributed by atoms with Gasteiger partial charge in [-0.25, -0.2) is 0 Å². The summed E-state index contributed by atoms with van der Waals surface area (Å²) in [6, 6.07) is 8.53. The molecule has 0 N–H and O–H groups in total. The molecule has 3 rings (SSSR count). The van der Waals surface area contributed by atoms with E-state index in [4.69, 9.17) is 4.74 Å². The molecule has 1 aromatic carbocycles. The van der Waals surface area contributed by atoms with E-state index in [1.165, 1.54) is 24.0 Å². The van der Waals surface area contributed by atoms with Crippen LogP contribution in [0.2, 0.25) is 0 Å². The van der Waals surface area contributed by atoms with Crippen molar-refractivity contribution in [2.75, 3.05) is 6.61 Å². The fourth-order valence-electron chi connectivity index (χ4n) is 4.03. The molecule has 0 heterocycles. The predicted octanol–water partition coefficient (Wildman–Crippen LogP) is 4.42. The number of carbonyl (C=O) groups excluding carboxylic acids is 1. The van der Waals surface area contributed by atoms with E-state index in [0.717, 1.165) is 32.1 Å². The van der Waals surface area contributed by atoms with E-state index in [2.05, 4.69) is 24.3 Å². The molecule has 0 radical (unpaired) electrons. The van der Waals surface area contributed by atoms with Gasteiger partial charge in [0.25, 0.3) is 0 Å². The number of hydrogen-bond donors (Lipinski definition) is 0. The van der Waals surface area contributed by atoms with Gasteiger partial charge in [0.05, 0.1) is 0 Å². The van der Waals surface area contributed by atoms with E-state index >= 15 is 0 Å². The topological polar surface area (TPSA) is 26.3 Å². The molecule has 0 aromatic heterocycles.